The summed E-state index contributed by atoms with van der Waals surface area (Å²) in [5.41, 5.74) is 2.60. The van der Waals surface area contributed by atoms with Crippen molar-refractivity contribution in [1.82, 2.24) is 15.1 Å². The molecule has 0 aliphatic carbocycles. The predicted molar refractivity (Wildman–Crippen MR) is 86.4 cm³/mol. The molecule has 1 aromatic carbocycles. The molecule has 0 spiro atoms. The number of amides is 1. The summed E-state index contributed by atoms with van der Waals surface area (Å²) in [6.45, 7) is 9.16. The largest absolute Gasteiger partial charge is 0.359 e. The van der Waals surface area contributed by atoms with E-state index in [-0.39, 0.29) is 5.91 Å². The van der Waals surface area contributed by atoms with E-state index in [0.29, 0.717) is 0 Å². The van der Waals surface area contributed by atoms with Gasteiger partial charge in [-0.3, -0.25) is 4.79 Å². The molecule has 1 aliphatic heterocycles. The van der Waals surface area contributed by atoms with Crippen molar-refractivity contribution in [2.45, 2.75) is 6.92 Å². The van der Waals surface area contributed by atoms with Crippen LogP contribution in [0.4, 0.5) is 0 Å². The summed E-state index contributed by atoms with van der Waals surface area (Å²) in [6.07, 6.45) is 1.68. The molecule has 1 aromatic rings. The van der Waals surface area contributed by atoms with E-state index in [1.165, 1.54) is 0 Å². The van der Waals surface area contributed by atoms with Gasteiger partial charge in [-0.05, 0) is 19.5 Å². The molecule has 2 rings (SSSR count). The molecule has 4 nitrogen and oxygen atoms in total. The number of nitrogens with one attached hydrogen (secondary N) is 1. The molecule has 0 bridgehead atoms. The molecule has 1 amide bonds. The Labute approximate surface area is 126 Å². The molecule has 1 aliphatic rings. The maximum Gasteiger partial charge on any atom is 0.248 e. The Kier molecular flexibility index (Phi) is 5.17. The Hall–Kier alpha value is -2.07. The van der Waals surface area contributed by atoms with Crippen LogP contribution in [-0.2, 0) is 4.79 Å². The van der Waals surface area contributed by atoms with E-state index in [0.717, 1.165) is 43.1 Å². The van der Waals surface area contributed by atoms with Crippen molar-refractivity contribution in [2.75, 3.05) is 33.2 Å². The number of nitrogens with zero attached hydrogens (tertiary/aromatic N) is 2. The molecule has 1 fully saturated rings. The van der Waals surface area contributed by atoms with E-state index >= 15 is 0 Å². The van der Waals surface area contributed by atoms with Gasteiger partial charge in [0.15, 0.2) is 0 Å². The Morgan fingerprint density at radius 2 is 1.81 bits per heavy atom. The molecule has 1 heterocycles. The van der Waals surface area contributed by atoms with E-state index in [9.17, 15) is 4.79 Å². The van der Waals surface area contributed by atoms with Gasteiger partial charge in [-0.1, -0.05) is 36.9 Å². The Bertz CT molecular complexity index is 528. The highest BCUT2D eigenvalue weighted by atomic mass is 16.2. The molecule has 1 N–H and O–H groups in total. The van der Waals surface area contributed by atoms with Crippen LogP contribution in [-0.4, -0.2) is 48.9 Å². The van der Waals surface area contributed by atoms with Gasteiger partial charge in [0.2, 0.25) is 5.91 Å². The van der Waals surface area contributed by atoms with Crippen molar-refractivity contribution in [3.63, 3.8) is 0 Å². The van der Waals surface area contributed by atoms with Crippen LogP contribution in [0.25, 0.3) is 5.70 Å². The second-order valence-electron chi connectivity index (χ2n) is 5.46. The summed E-state index contributed by atoms with van der Waals surface area (Å²) in [4.78, 5) is 16.6. The Morgan fingerprint density at radius 1 is 1.19 bits per heavy atom. The van der Waals surface area contributed by atoms with E-state index in [2.05, 4.69) is 23.8 Å². The van der Waals surface area contributed by atoms with Crippen molar-refractivity contribution in [1.29, 1.82) is 0 Å². The quantitative estimate of drug-likeness (QED) is 0.859. The topological polar surface area (TPSA) is 35.6 Å². The second-order valence-corrected chi connectivity index (χ2v) is 5.46. The first kappa shape index (κ1) is 15.3. The van der Waals surface area contributed by atoms with Gasteiger partial charge in [0, 0.05) is 38.0 Å². The van der Waals surface area contributed by atoms with E-state index < -0.39 is 0 Å². The Morgan fingerprint density at radius 3 is 2.38 bits per heavy atom. The van der Waals surface area contributed by atoms with Crippen LogP contribution in [0.3, 0.4) is 0 Å². The fourth-order valence-corrected chi connectivity index (χ4v) is 2.28. The molecular formula is C17H23N3O. The van der Waals surface area contributed by atoms with Crippen LogP contribution in [0.2, 0.25) is 0 Å². The number of allylic oxidation sites excluding steroid dienone is 1. The van der Waals surface area contributed by atoms with Crippen molar-refractivity contribution in [3.8, 4) is 0 Å². The van der Waals surface area contributed by atoms with Crippen LogP contribution in [0.15, 0.2) is 48.7 Å². The van der Waals surface area contributed by atoms with Crippen LogP contribution < -0.4 is 5.32 Å². The van der Waals surface area contributed by atoms with Crippen LogP contribution in [0.5, 0.6) is 0 Å². The van der Waals surface area contributed by atoms with Gasteiger partial charge < -0.3 is 15.1 Å². The zero-order valence-electron chi connectivity index (χ0n) is 12.8. The molecule has 1 saturated heterocycles. The first-order valence-electron chi connectivity index (χ1n) is 7.23. The lowest BCUT2D eigenvalue weighted by Gasteiger charge is -2.31. The number of likely N-dealkylation sites (N-methyl/N-ethyl adjacent to an activating group) is 1. The van der Waals surface area contributed by atoms with Crippen molar-refractivity contribution in [3.05, 3.63) is 54.2 Å². The monoisotopic (exact) mass is 285 g/mol. The number of piperazine rings is 1. The number of carbonyl (C=O) groups excluding carboxylic acids is 1. The lowest BCUT2D eigenvalue weighted by molar-refractivity contribution is -0.127. The smallest absolute Gasteiger partial charge is 0.248 e. The number of benzene rings is 1. The summed E-state index contributed by atoms with van der Waals surface area (Å²) in [5.74, 6) is 0.0516. The third kappa shape index (κ3) is 4.46. The van der Waals surface area contributed by atoms with Crippen molar-refractivity contribution >= 4 is 11.6 Å². The highest BCUT2D eigenvalue weighted by Gasteiger charge is 2.18. The summed E-state index contributed by atoms with van der Waals surface area (Å²) in [6, 6.07) is 9.86. The van der Waals surface area contributed by atoms with Gasteiger partial charge in [0.1, 0.15) is 0 Å². The fourth-order valence-electron chi connectivity index (χ4n) is 2.28. The fraction of sp³-hybridized carbons (Fsp3) is 0.353. The van der Waals surface area contributed by atoms with Crippen LogP contribution >= 0.6 is 0 Å². The number of carbonyl (C=O) groups is 1. The third-order valence-electron chi connectivity index (χ3n) is 3.52. The normalized spacial score (nSPS) is 16.7. The molecule has 4 heteroatoms. The van der Waals surface area contributed by atoms with Crippen LogP contribution in [0, 0.1) is 0 Å². The summed E-state index contributed by atoms with van der Waals surface area (Å²) < 4.78 is 0. The van der Waals surface area contributed by atoms with E-state index in [4.69, 9.17) is 0 Å². The van der Waals surface area contributed by atoms with Gasteiger partial charge in [-0.2, -0.15) is 0 Å². The molecule has 0 atom stereocenters. The Balaban J connectivity index is 2.16. The maximum absolute atomic E-state index is 12.4. The summed E-state index contributed by atoms with van der Waals surface area (Å²) in [5, 5.41) is 3.18. The predicted octanol–water partition coefficient (Wildman–Crippen LogP) is 1.92. The average molecular weight is 285 g/mol. The summed E-state index contributed by atoms with van der Waals surface area (Å²) >= 11 is 0. The minimum absolute atomic E-state index is 0.0516. The molecule has 0 radical (unpaired) electrons. The minimum atomic E-state index is 0.0516. The van der Waals surface area contributed by atoms with Gasteiger partial charge in [0.25, 0.3) is 0 Å². The first-order chi connectivity index (χ1) is 10.1. The van der Waals surface area contributed by atoms with Gasteiger partial charge >= 0.3 is 0 Å². The molecule has 0 aromatic heterocycles. The van der Waals surface area contributed by atoms with Crippen molar-refractivity contribution < 1.29 is 4.79 Å². The molecular weight excluding hydrogens is 262 g/mol. The zero-order valence-corrected chi connectivity index (χ0v) is 12.8. The van der Waals surface area contributed by atoms with Gasteiger partial charge in [-0.15, -0.1) is 0 Å². The van der Waals surface area contributed by atoms with Crippen LogP contribution in [0.1, 0.15) is 12.5 Å². The standard InChI is InChI=1S/C17H23N3O/c1-14(2)18-16(15-7-5-4-6-8-15)13-17(21)20-11-9-19(3)10-12-20/h4-8,13,18H,1,9-12H2,2-3H3/b16-13+. The number of hydrogen-bond acceptors (Lipinski definition) is 3. The SMILES string of the molecule is C=C(C)N/C(=C/C(=O)N1CCN(C)CC1)c1ccccc1. The van der Waals surface area contributed by atoms with Gasteiger partial charge in [-0.25, -0.2) is 0 Å². The molecule has 0 saturated carbocycles. The lowest BCUT2D eigenvalue weighted by atomic mass is 10.1. The van der Waals surface area contributed by atoms with E-state index in [1.54, 1.807) is 6.08 Å². The summed E-state index contributed by atoms with van der Waals surface area (Å²) in [7, 11) is 2.08. The maximum atomic E-state index is 12.4. The molecule has 0 unspecified atom stereocenters. The lowest BCUT2D eigenvalue weighted by Crippen LogP contribution is -2.46. The highest BCUT2D eigenvalue weighted by molar-refractivity contribution is 5.95. The van der Waals surface area contributed by atoms with E-state index in [1.807, 2.05) is 42.2 Å². The average Bonchev–Trinajstić information content (AvgIpc) is 2.47. The van der Waals surface area contributed by atoms with Crippen molar-refractivity contribution in [2.24, 2.45) is 0 Å². The molecule has 112 valence electrons. The second kappa shape index (κ2) is 7.09. The molecule has 21 heavy (non-hydrogen) atoms. The number of rotatable bonds is 4. The minimum Gasteiger partial charge on any atom is -0.359 e. The van der Waals surface area contributed by atoms with Gasteiger partial charge in [0.05, 0.1) is 5.70 Å². The number of hydrogen-bond donors (Lipinski definition) is 1. The highest BCUT2D eigenvalue weighted by Crippen LogP contribution is 2.13. The third-order valence-corrected chi connectivity index (χ3v) is 3.52. The first-order valence-corrected chi connectivity index (χ1v) is 7.23. The zero-order chi connectivity index (χ0) is 15.2.